The molecule has 0 saturated heterocycles. The average molecular weight is 463 g/mol. The van der Waals surface area contributed by atoms with Crippen molar-refractivity contribution in [2.45, 2.75) is 32.1 Å². The van der Waals surface area contributed by atoms with Crippen molar-refractivity contribution >= 4 is 28.1 Å². The van der Waals surface area contributed by atoms with E-state index >= 15 is 0 Å². The molecule has 5 nitrogen and oxygen atoms in total. The van der Waals surface area contributed by atoms with Gasteiger partial charge in [-0.05, 0) is 64.1 Å². The zero-order chi connectivity index (χ0) is 23.2. The Morgan fingerprint density at radius 1 is 1.12 bits per heavy atom. The van der Waals surface area contributed by atoms with Crippen LogP contribution in [0.5, 0.6) is 11.5 Å². The first-order valence-corrected chi connectivity index (χ1v) is 12.2. The normalized spacial score (nSPS) is 12.0. The van der Waals surface area contributed by atoms with E-state index in [0.717, 1.165) is 18.4 Å². The van der Waals surface area contributed by atoms with E-state index in [-0.39, 0.29) is 11.8 Å². The number of para-hydroxylation sites is 1. The van der Waals surface area contributed by atoms with E-state index in [2.05, 4.69) is 58.4 Å². The number of H-pyrrole nitrogens is 1. The molecular weight excluding hydrogens is 432 g/mol. The van der Waals surface area contributed by atoms with Gasteiger partial charge in [-0.15, -0.1) is 0 Å². The predicted molar refractivity (Wildman–Crippen MR) is 135 cm³/mol. The summed E-state index contributed by atoms with van der Waals surface area (Å²) in [5.41, 5.74) is 5.91. The summed E-state index contributed by atoms with van der Waals surface area (Å²) in [6.07, 6.45) is 4.17. The Bertz CT molecular complexity index is 1210. The van der Waals surface area contributed by atoms with Crippen molar-refractivity contribution in [2.24, 2.45) is 0 Å². The highest BCUT2D eigenvalue weighted by molar-refractivity contribution is 7.08. The number of hydrogen-bond donors (Lipinski definition) is 2. The third-order valence-electron chi connectivity index (χ3n) is 6.11. The molecule has 6 heteroatoms. The molecule has 0 saturated carbocycles. The second-order valence-corrected chi connectivity index (χ2v) is 8.82. The fourth-order valence-electron chi connectivity index (χ4n) is 4.34. The summed E-state index contributed by atoms with van der Waals surface area (Å²) in [5, 5.41) is 8.52. The minimum absolute atomic E-state index is 0.0122. The number of nitrogens with one attached hydrogen (secondary N) is 2. The molecule has 1 unspecified atom stereocenters. The van der Waals surface area contributed by atoms with Crippen molar-refractivity contribution in [3.05, 3.63) is 81.7 Å². The highest BCUT2D eigenvalue weighted by Crippen LogP contribution is 2.35. The number of carbonyl (C=O) groups is 1. The Labute approximate surface area is 198 Å². The fraction of sp³-hybridized carbons (Fsp3) is 0.296. The molecule has 0 spiro atoms. The number of fused-ring (bicyclic) bond motifs is 1. The molecule has 1 amide bonds. The summed E-state index contributed by atoms with van der Waals surface area (Å²) in [6, 6.07) is 14.4. The van der Waals surface area contributed by atoms with Crippen LogP contribution < -0.4 is 14.8 Å². The van der Waals surface area contributed by atoms with Crippen LogP contribution in [-0.2, 0) is 17.6 Å². The molecule has 4 rings (SSSR count). The van der Waals surface area contributed by atoms with Crippen LogP contribution in [-0.4, -0.2) is 31.7 Å². The lowest BCUT2D eigenvalue weighted by Crippen LogP contribution is -2.27. The zero-order valence-electron chi connectivity index (χ0n) is 19.3. The van der Waals surface area contributed by atoms with Gasteiger partial charge >= 0.3 is 0 Å². The van der Waals surface area contributed by atoms with Gasteiger partial charge in [-0.1, -0.05) is 31.2 Å². The summed E-state index contributed by atoms with van der Waals surface area (Å²) in [7, 11) is 3.25. The van der Waals surface area contributed by atoms with Crippen LogP contribution in [0.1, 0.15) is 41.5 Å². The summed E-state index contributed by atoms with van der Waals surface area (Å²) < 4.78 is 10.7. The molecule has 0 radical (unpaired) electrons. The lowest BCUT2D eigenvalue weighted by molar-refractivity contribution is -0.121. The van der Waals surface area contributed by atoms with E-state index in [4.69, 9.17) is 9.47 Å². The Morgan fingerprint density at radius 3 is 2.70 bits per heavy atom. The van der Waals surface area contributed by atoms with Gasteiger partial charge in [0.15, 0.2) is 11.5 Å². The molecule has 172 valence electrons. The quantitative estimate of drug-likeness (QED) is 0.318. The van der Waals surface area contributed by atoms with Crippen LogP contribution in [0.25, 0.3) is 10.9 Å². The van der Waals surface area contributed by atoms with E-state index in [1.54, 1.807) is 25.6 Å². The van der Waals surface area contributed by atoms with E-state index in [1.165, 1.54) is 27.6 Å². The number of rotatable bonds is 10. The van der Waals surface area contributed by atoms with Gasteiger partial charge in [-0.3, -0.25) is 4.79 Å². The number of aryl methyl sites for hydroxylation is 1. The Balaban J connectivity index is 1.47. The van der Waals surface area contributed by atoms with E-state index in [0.29, 0.717) is 24.5 Å². The van der Waals surface area contributed by atoms with Gasteiger partial charge < -0.3 is 19.8 Å². The standard InChI is InChI=1S/C27H30N2O3S/c1-4-19-6-5-7-21-23(16-29-27(19)21)22(20-11-13-33-17-20)15-26(30)28-12-10-18-8-9-24(31-2)25(14-18)32-3/h5-9,11,13-14,16-17,22,29H,4,10,12,15H2,1-3H3,(H,28,30). The summed E-state index contributed by atoms with van der Waals surface area (Å²) in [4.78, 5) is 16.4. The third-order valence-corrected chi connectivity index (χ3v) is 6.81. The number of carbonyl (C=O) groups excluding carboxylic acids is 1. The van der Waals surface area contributed by atoms with Crippen LogP contribution in [0.3, 0.4) is 0 Å². The van der Waals surface area contributed by atoms with Crippen LogP contribution in [0, 0.1) is 0 Å². The van der Waals surface area contributed by atoms with Gasteiger partial charge in [-0.25, -0.2) is 0 Å². The molecule has 2 heterocycles. The van der Waals surface area contributed by atoms with Crippen LogP contribution in [0.4, 0.5) is 0 Å². The molecule has 1 atom stereocenters. The molecule has 0 aliphatic rings. The molecule has 0 bridgehead atoms. The van der Waals surface area contributed by atoms with Crippen LogP contribution in [0.15, 0.2) is 59.4 Å². The van der Waals surface area contributed by atoms with Gasteiger partial charge in [0.2, 0.25) is 5.91 Å². The number of amides is 1. The number of thiophene rings is 1. The Kier molecular flexibility index (Phi) is 7.35. The van der Waals surface area contributed by atoms with Gasteiger partial charge in [0.05, 0.1) is 14.2 Å². The maximum absolute atomic E-state index is 13.0. The number of hydrogen-bond acceptors (Lipinski definition) is 4. The first-order valence-electron chi connectivity index (χ1n) is 11.2. The summed E-state index contributed by atoms with van der Waals surface area (Å²) >= 11 is 1.66. The van der Waals surface area contributed by atoms with Crippen molar-refractivity contribution in [1.82, 2.24) is 10.3 Å². The molecule has 0 fully saturated rings. The lowest BCUT2D eigenvalue weighted by Gasteiger charge is -2.16. The molecule has 33 heavy (non-hydrogen) atoms. The molecule has 0 aliphatic heterocycles. The second-order valence-electron chi connectivity index (χ2n) is 8.04. The van der Waals surface area contributed by atoms with Crippen molar-refractivity contribution in [3.8, 4) is 11.5 Å². The number of methoxy groups -OCH3 is 2. The van der Waals surface area contributed by atoms with E-state index in [9.17, 15) is 4.79 Å². The van der Waals surface area contributed by atoms with Gasteiger partial charge in [-0.2, -0.15) is 11.3 Å². The monoisotopic (exact) mass is 462 g/mol. The van der Waals surface area contributed by atoms with Gasteiger partial charge in [0, 0.05) is 36.0 Å². The first-order chi connectivity index (χ1) is 16.1. The smallest absolute Gasteiger partial charge is 0.220 e. The Hall–Kier alpha value is -3.25. The lowest BCUT2D eigenvalue weighted by atomic mass is 9.89. The van der Waals surface area contributed by atoms with Crippen LogP contribution >= 0.6 is 11.3 Å². The van der Waals surface area contributed by atoms with Crippen molar-refractivity contribution in [2.75, 3.05) is 20.8 Å². The Morgan fingerprint density at radius 2 is 1.97 bits per heavy atom. The largest absolute Gasteiger partial charge is 0.493 e. The minimum atomic E-state index is 0.0122. The molecule has 0 aliphatic carbocycles. The number of aromatic nitrogens is 1. The average Bonchev–Trinajstić information content (AvgIpc) is 3.53. The first kappa shape index (κ1) is 22.9. The van der Waals surface area contributed by atoms with Gasteiger partial charge in [0.1, 0.15) is 0 Å². The highest BCUT2D eigenvalue weighted by Gasteiger charge is 2.22. The number of benzene rings is 2. The maximum atomic E-state index is 13.0. The molecule has 2 N–H and O–H groups in total. The number of ether oxygens (including phenoxy) is 2. The topological polar surface area (TPSA) is 63.4 Å². The molecule has 4 aromatic rings. The van der Waals surface area contributed by atoms with Crippen molar-refractivity contribution in [3.63, 3.8) is 0 Å². The molecule has 2 aromatic heterocycles. The maximum Gasteiger partial charge on any atom is 0.220 e. The van der Waals surface area contributed by atoms with Crippen molar-refractivity contribution < 1.29 is 14.3 Å². The van der Waals surface area contributed by atoms with E-state index in [1.807, 2.05) is 18.2 Å². The summed E-state index contributed by atoms with van der Waals surface area (Å²) in [5.74, 6) is 1.46. The van der Waals surface area contributed by atoms with E-state index < -0.39 is 0 Å². The molecule has 2 aromatic carbocycles. The zero-order valence-corrected chi connectivity index (χ0v) is 20.1. The number of aromatic amines is 1. The predicted octanol–water partition coefficient (Wildman–Crippen LogP) is 5.69. The highest BCUT2D eigenvalue weighted by atomic mass is 32.1. The second kappa shape index (κ2) is 10.6. The van der Waals surface area contributed by atoms with Crippen molar-refractivity contribution in [1.29, 1.82) is 0 Å². The van der Waals surface area contributed by atoms with Gasteiger partial charge in [0.25, 0.3) is 0 Å². The fourth-order valence-corrected chi connectivity index (χ4v) is 5.06. The third kappa shape index (κ3) is 5.06. The SMILES string of the molecule is CCc1cccc2c(C(CC(=O)NCCc3ccc(OC)c(OC)c3)c3ccsc3)c[nH]c12. The molecular formula is C27H30N2O3S. The van der Waals surface area contributed by atoms with Crippen LogP contribution in [0.2, 0.25) is 0 Å². The summed E-state index contributed by atoms with van der Waals surface area (Å²) in [6.45, 7) is 2.73. The minimum Gasteiger partial charge on any atom is -0.493 e.